The van der Waals surface area contributed by atoms with Gasteiger partial charge in [0.2, 0.25) is 0 Å². The lowest BCUT2D eigenvalue weighted by molar-refractivity contribution is 0.409. The quantitative estimate of drug-likeness (QED) is 0.870. The van der Waals surface area contributed by atoms with Crippen molar-refractivity contribution in [3.05, 3.63) is 35.3 Å². The average molecular weight is 299 g/mol. The fourth-order valence-electron chi connectivity index (χ4n) is 1.53. The Balaban J connectivity index is 2.35. The van der Waals surface area contributed by atoms with Crippen LogP contribution in [-0.4, -0.2) is 20.5 Å². The van der Waals surface area contributed by atoms with Crippen LogP contribution < -0.4 is 15.2 Å². The summed E-state index contributed by atoms with van der Waals surface area (Å²) >= 11 is 1.21. The van der Waals surface area contributed by atoms with Crippen LogP contribution in [0.5, 0.6) is 5.75 Å². The van der Waals surface area contributed by atoms with Crippen LogP contribution in [0, 0.1) is 0 Å². The molecule has 19 heavy (non-hydrogen) atoms. The van der Waals surface area contributed by atoms with Crippen molar-refractivity contribution in [2.75, 3.05) is 11.8 Å². The minimum Gasteiger partial charge on any atom is -0.496 e. The van der Waals surface area contributed by atoms with Crippen LogP contribution >= 0.6 is 11.3 Å². The van der Waals surface area contributed by atoms with E-state index in [-0.39, 0.29) is 11.4 Å². The van der Waals surface area contributed by atoms with E-state index in [1.54, 1.807) is 11.4 Å². The van der Waals surface area contributed by atoms with Gasteiger partial charge in [-0.1, -0.05) is 0 Å². The first-order valence-electron chi connectivity index (χ1n) is 5.36. The minimum atomic E-state index is -3.65. The molecule has 2 rings (SSSR count). The molecule has 0 atom stereocenters. The number of aromatic nitrogens is 1. The maximum atomic E-state index is 12.1. The molecule has 0 aliphatic carbocycles. The van der Waals surface area contributed by atoms with Gasteiger partial charge >= 0.3 is 0 Å². The number of nitrogens with one attached hydrogen (secondary N) is 1. The molecular weight excluding hydrogens is 286 g/mol. The topological polar surface area (TPSA) is 94.3 Å². The molecule has 0 spiro atoms. The zero-order valence-electron chi connectivity index (χ0n) is 10.2. The molecule has 102 valence electrons. The summed E-state index contributed by atoms with van der Waals surface area (Å²) in [5, 5.41) is 2.02. The number of ether oxygens (including phenoxy) is 1. The third kappa shape index (κ3) is 3.03. The van der Waals surface area contributed by atoms with Gasteiger partial charge in [-0.3, -0.25) is 4.72 Å². The van der Waals surface area contributed by atoms with Gasteiger partial charge < -0.3 is 10.5 Å². The molecule has 0 aliphatic rings. The zero-order chi connectivity index (χ0) is 13.9. The monoisotopic (exact) mass is 299 g/mol. The van der Waals surface area contributed by atoms with Crippen molar-refractivity contribution in [2.24, 2.45) is 5.73 Å². The summed E-state index contributed by atoms with van der Waals surface area (Å²) in [5.74, 6) is 0.565. The van der Waals surface area contributed by atoms with Gasteiger partial charge in [-0.15, -0.1) is 11.3 Å². The summed E-state index contributed by atoms with van der Waals surface area (Å²) in [4.78, 5) is 4.01. The maximum Gasteiger partial charge on any atom is 0.263 e. The predicted molar refractivity (Wildman–Crippen MR) is 73.8 cm³/mol. The first kappa shape index (κ1) is 13.8. The van der Waals surface area contributed by atoms with E-state index in [1.165, 1.54) is 36.8 Å². The number of hydrogen-bond acceptors (Lipinski definition) is 6. The number of benzene rings is 1. The number of rotatable bonds is 5. The zero-order valence-corrected chi connectivity index (χ0v) is 11.8. The largest absolute Gasteiger partial charge is 0.496 e. The van der Waals surface area contributed by atoms with Crippen molar-refractivity contribution >= 4 is 26.5 Å². The Labute approximate surface area is 115 Å². The second kappa shape index (κ2) is 5.55. The van der Waals surface area contributed by atoms with Crippen molar-refractivity contribution in [3.63, 3.8) is 0 Å². The van der Waals surface area contributed by atoms with Crippen molar-refractivity contribution < 1.29 is 13.2 Å². The number of nitrogens with two attached hydrogens (primary N) is 1. The first-order valence-corrected chi connectivity index (χ1v) is 7.72. The highest BCUT2D eigenvalue weighted by Gasteiger charge is 2.17. The Hall–Kier alpha value is -1.64. The molecule has 1 heterocycles. The van der Waals surface area contributed by atoms with Gasteiger partial charge in [0.15, 0.2) is 5.13 Å². The van der Waals surface area contributed by atoms with E-state index < -0.39 is 10.0 Å². The Kier molecular flexibility index (Phi) is 4.03. The Morgan fingerprint density at radius 1 is 1.47 bits per heavy atom. The maximum absolute atomic E-state index is 12.1. The van der Waals surface area contributed by atoms with Crippen LogP contribution in [0.4, 0.5) is 5.13 Å². The number of sulfonamides is 1. The summed E-state index contributed by atoms with van der Waals surface area (Å²) in [6.45, 7) is 0.198. The lowest BCUT2D eigenvalue weighted by Gasteiger charge is -2.10. The van der Waals surface area contributed by atoms with Gasteiger partial charge in [0, 0.05) is 23.7 Å². The second-order valence-electron chi connectivity index (χ2n) is 3.62. The number of anilines is 1. The van der Waals surface area contributed by atoms with Gasteiger partial charge in [0.25, 0.3) is 10.0 Å². The van der Waals surface area contributed by atoms with Gasteiger partial charge in [0.1, 0.15) is 5.75 Å². The van der Waals surface area contributed by atoms with Crippen LogP contribution in [0.3, 0.4) is 0 Å². The first-order chi connectivity index (χ1) is 9.06. The summed E-state index contributed by atoms with van der Waals surface area (Å²) in [7, 11) is -2.14. The van der Waals surface area contributed by atoms with E-state index >= 15 is 0 Å². The molecule has 0 aliphatic heterocycles. The molecule has 0 fully saturated rings. The molecule has 8 heteroatoms. The van der Waals surface area contributed by atoms with Gasteiger partial charge in [-0.2, -0.15) is 0 Å². The molecular formula is C11H13N3O3S2. The predicted octanol–water partition coefficient (Wildman–Crippen LogP) is 1.41. The van der Waals surface area contributed by atoms with E-state index in [9.17, 15) is 8.42 Å². The molecule has 2 aromatic rings. The average Bonchev–Trinajstić information content (AvgIpc) is 2.89. The number of nitrogens with zero attached hydrogens (tertiary/aromatic N) is 1. The molecule has 6 nitrogen and oxygen atoms in total. The van der Waals surface area contributed by atoms with E-state index in [2.05, 4.69) is 9.71 Å². The Morgan fingerprint density at radius 2 is 2.26 bits per heavy atom. The summed E-state index contributed by atoms with van der Waals surface area (Å²) in [6.07, 6.45) is 1.53. The fraction of sp³-hybridized carbons (Fsp3) is 0.182. The molecule has 0 saturated carbocycles. The lowest BCUT2D eigenvalue weighted by Crippen LogP contribution is -2.13. The van der Waals surface area contributed by atoms with E-state index in [0.717, 1.165) is 0 Å². The van der Waals surface area contributed by atoms with Crippen LogP contribution in [0.2, 0.25) is 0 Å². The standard InChI is InChI=1S/C11H13N3O3S2/c1-17-10-3-2-9(6-8(10)7-12)19(15,16)14-11-13-4-5-18-11/h2-6H,7,12H2,1H3,(H,13,14). The molecule has 0 amide bonds. The van der Waals surface area contributed by atoms with Gasteiger partial charge in [0.05, 0.1) is 12.0 Å². The lowest BCUT2D eigenvalue weighted by atomic mass is 10.2. The van der Waals surface area contributed by atoms with E-state index in [1.807, 2.05) is 0 Å². The highest BCUT2D eigenvalue weighted by molar-refractivity contribution is 7.93. The number of methoxy groups -OCH3 is 1. The van der Waals surface area contributed by atoms with Crippen LogP contribution in [0.25, 0.3) is 0 Å². The second-order valence-corrected chi connectivity index (χ2v) is 6.20. The number of thiazole rings is 1. The molecule has 0 unspecified atom stereocenters. The highest BCUT2D eigenvalue weighted by atomic mass is 32.2. The smallest absolute Gasteiger partial charge is 0.263 e. The molecule has 0 radical (unpaired) electrons. The van der Waals surface area contributed by atoms with Crippen molar-refractivity contribution in [1.82, 2.24) is 4.98 Å². The third-order valence-electron chi connectivity index (χ3n) is 2.44. The van der Waals surface area contributed by atoms with Crippen molar-refractivity contribution in [1.29, 1.82) is 0 Å². The van der Waals surface area contributed by atoms with Crippen molar-refractivity contribution in [2.45, 2.75) is 11.4 Å². The minimum absolute atomic E-state index is 0.129. The van der Waals surface area contributed by atoms with Crippen LogP contribution in [-0.2, 0) is 16.6 Å². The highest BCUT2D eigenvalue weighted by Crippen LogP contribution is 2.24. The third-order valence-corrected chi connectivity index (χ3v) is 4.59. The Morgan fingerprint density at radius 3 is 2.84 bits per heavy atom. The molecule has 3 N–H and O–H groups in total. The molecule has 1 aromatic carbocycles. The molecule has 0 bridgehead atoms. The Bertz CT molecular complexity index is 654. The van der Waals surface area contributed by atoms with Gasteiger partial charge in [-0.25, -0.2) is 13.4 Å². The summed E-state index contributed by atoms with van der Waals surface area (Å²) in [5.41, 5.74) is 6.20. The summed E-state index contributed by atoms with van der Waals surface area (Å²) < 4.78 is 31.8. The van der Waals surface area contributed by atoms with Crippen molar-refractivity contribution in [3.8, 4) is 5.75 Å². The molecule has 0 saturated heterocycles. The van der Waals surface area contributed by atoms with Crippen LogP contribution in [0.1, 0.15) is 5.56 Å². The SMILES string of the molecule is COc1ccc(S(=O)(=O)Nc2nccs2)cc1CN. The van der Waals surface area contributed by atoms with Crippen LogP contribution in [0.15, 0.2) is 34.7 Å². The summed E-state index contributed by atoms with van der Waals surface area (Å²) in [6, 6.07) is 4.54. The molecule has 1 aromatic heterocycles. The van der Waals surface area contributed by atoms with E-state index in [0.29, 0.717) is 16.4 Å². The van der Waals surface area contributed by atoms with Gasteiger partial charge in [-0.05, 0) is 18.2 Å². The van der Waals surface area contributed by atoms with E-state index in [4.69, 9.17) is 10.5 Å². The fourth-order valence-corrected chi connectivity index (χ4v) is 3.37. The number of hydrogen-bond donors (Lipinski definition) is 2. The normalized spacial score (nSPS) is 11.3.